The highest BCUT2D eigenvalue weighted by atomic mass is 16.4. The van der Waals surface area contributed by atoms with Crippen LogP contribution in [0, 0.1) is 5.92 Å². The molecule has 0 aromatic heterocycles. The molecule has 2 N–H and O–H groups in total. The van der Waals surface area contributed by atoms with Gasteiger partial charge in [0.2, 0.25) is 0 Å². The van der Waals surface area contributed by atoms with Crippen LogP contribution in [0.3, 0.4) is 0 Å². The normalized spacial score (nSPS) is 22.9. The first-order chi connectivity index (χ1) is 9.03. The van der Waals surface area contributed by atoms with Gasteiger partial charge in [0.25, 0.3) is 0 Å². The monoisotopic (exact) mass is 268 g/mol. The Hall–Kier alpha value is -0.610. The van der Waals surface area contributed by atoms with Crippen LogP contribution in [-0.4, -0.2) is 47.2 Å². The second kappa shape index (κ2) is 6.23. The van der Waals surface area contributed by atoms with E-state index >= 15 is 0 Å². The molecule has 2 aliphatic rings. The molecule has 110 valence electrons. The first-order valence-electron chi connectivity index (χ1n) is 7.73. The number of nitrogens with zero attached hydrogens (tertiary/aromatic N) is 1. The van der Waals surface area contributed by atoms with Crippen LogP contribution in [0.5, 0.6) is 0 Å². The van der Waals surface area contributed by atoms with Crippen molar-refractivity contribution in [1.29, 1.82) is 0 Å². The fourth-order valence-electron chi connectivity index (χ4n) is 3.54. The van der Waals surface area contributed by atoms with Crippen LogP contribution in [0.25, 0.3) is 0 Å². The van der Waals surface area contributed by atoms with Gasteiger partial charge in [0.05, 0.1) is 12.0 Å². The van der Waals surface area contributed by atoms with E-state index in [4.69, 9.17) is 0 Å². The van der Waals surface area contributed by atoms with Crippen LogP contribution in [0.1, 0.15) is 52.4 Å². The summed E-state index contributed by atoms with van der Waals surface area (Å²) in [6.45, 7) is 7.23. The van der Waals surface area contributed by atoms with Crippen molar-refractivity contribution in [2.45, 2.75) is 64.0 Å². The number of carboxylic acid groups (broad SMARTS) is 1. The minimum Gasteiger partial charge on any atom is -0.481 e. The van der Waals surface area contributed by atoms with Crippen LogP contribution < -0.4 is 5.32 Å². The van der Waals surface area contributed by atoms with Crippen molar-refractivity contribution in [1.82, 2.24) is 10.2 Å². The summed E-state index contributed by atoms with van der Waals surface area (Å²) in [5, 5.41) is 12.5. The maximum atomic E-state index is 11.2. The molecule has 0 spiro atoms. The summed E-state index contributed by atoms with van der Waals surface area (Å²) in [6.07, 6.45) is 6.56. The van der Waals surface area contributed by atoms with Gasteiger partial charge in [-0.05, 0) is 31.7 Å². The van der Waals surface area contributed by atoms with Gasteiger partial charge in [-0.2, -0.15) is 0 Å². The third kappa shape index (κ3) is 3.48. The number of rotatable bonds is 7. The number of aliphatic carboxylic acids is 1. The van der Waals surface area contributed by atoms with E-state index in [1.165, 1.54) is 25.7 Å². The molecule has 0 amide bonds. The summed E-state index contributed by atoms with van der Waals surface area (Å²) in [4.78, 5) is 13.8. The Morgan fingerprint density at radius 2 is 2.00 bits per heavy atom. The van der Waals surface area contributed by atoms with Gasteiger partial charge in [-0.3, -0.25) is 9.69 Å². The summed E-state index contributed by atoms with van der Waals surface area (Å²) >= 11 is 0. The van der Waals surface area contributed by atoms with E-state index < -0.39 is 5.97 Å². The smallest absolute Gasteiger partial charge is 0.305 e. The third-order valence-electron chi connectivity index (χ3n) is 4.71. The molecular weight excluding hydrogens is 240 g/mol. The van der Waals surface area contributed by atoms with Crippen LogP contribution in [0.15, 0.2) is 0 Å². The second-order valence-electron chi connectivity index (χ2n) is 6.71. The summed E-state index contributed by atoms with van der Waals surface area (Å²) in [5.41, 5.74) is -0.115. The number of carbonyl (C=O) groups is 1. The summed E-state index contributed by atoms with van der Waals surface area (Å²) in [5.74, 6) is 0.0212. The van der Waals surface area contributed by atoms with Gasteiger partial charge in [-0.15, -0.1) is 0 Å². The number of hydrogen-bond acceptors (Lipinski definition) is 3. The maximum Gasteiger partial charge on any atom is 0.305 e. The van der Waals surface area contributed by atoms with Crippen molar-refractivity contribution in [2.24, 2.45) is 5.92 Å². The molecule has 1 saturated carbocycles. The van der Waals surface area contributed by atoms with Crippen LogP contribution in [0.2, 0.25) is 0 Å². The highest BCUT2D eigenvalue weighted by Gasteiger charge is 2.46. The zero-order chi connectivity index (χ0) is 13.9. The molecule has 0 bridgehead atoms. The Labute approximate surface area is 116 Å². The van der Waals surface area contributed by atoms with E-state index in [1.807, 2.05) is 0 Å². The van der Waals surface area contributed by atoms with Crippen molar-refractivity contribution in [3.05, 3.63) is 0 Å². The maximum absolute atomic E-state index is 11.2. The number of hydrogen-bond donors (Lipinski definition) is 2. The van der Waals surface area contributed by atoms with Crippen LogP contribution in [-0.2, 0) is 4.79 Å². The van der Waals surface area contributed by atoms with E-state index in [0.29, 0.717) is 12.0 Å². The topological polar surface area (TPSA) is 52.6 Å². The zero-order valence-corrected chi connectivity index (χ0v) is 12.3. The lowest BCUT2D eigenvalue weighted by Crippen LogP contribution is -2.71. The predicted molar refractivity (Wildman–Crippen MR) is 76.3 cm³/mol. The molecular formula is C15H28N2O2. The molecule has 1 aliphatic heterocycles. The Bertz CT molecular complexity index is 307. The third-order valence-corrected chi connectivity index (χ3v) is 4.71. The Kier molecular flexibility index (Phi) is 4.85. The zero-order valence-electron chi connectivity index (χ0n) is 12.3. The van der Waals surface area contributed by atoms with Crippen molar-refractivity contribution in [3.8, 4) is 0 Å². The lowest BCUT2D eigenvalue weighted by molar-refractivity contribution is -0.142. The lowest BCUT2D eigenvalue weighted by atomic mass is 9.84. The quantitative estimate of drug-likeness (QED) is 0.742. The van der Waals surface area contributed by atoms with Gasteiger partial charge in [0.1, 0.15) is 0 Å². The molecule has 19 heavy (non-hydrogen) atoms. The van der Waals surface area contributed by atoms with Crippen molar-refractivity contribution in [3.63, 3.8) is 0 Å². The summed E-state index contributed by atoms with van der Waals surface area (Å²) < 4.78 is 0. The molecule has 4 heteroatoms. The Morgan fingerprint density at radius 1 is 1.37 bits per heavy atom. The van der Waals surface area contributed by atoms with Crippen molar-refractivity contribution in [2.75, 3.05) is 19.6 Å². The van der Waals surface area contributed by atoms with Gasteiger partial charge >= 0.3 is 5.97 Å². The van der Waals surface area contributed by atoms with E-state index in [0.717, 1.165) is 26.1 Å². The van der Waals surface area contributed by atoms with Gasteiger partial charge in [-0.1, -0.05) is 26.7 Å². The highest BCUT2D eigenvalue weighted by Crippen LogP contribution is 2.34. The first kappa shape index (κ1) is 14.8. The molecule has 0 aromatic carbocycles. The fourth-order valence-corrected chi connectivity index (χ4v) is 3.54. The molecule has 1 heterocycles. The standard InChI is InChI=1S/C15H28N2O2/c1-12(2)7-8-17(13-5-3-4-6-13)15(9-14(18)19)10-16-11-15/h12-13,16H,3-11H2,1-2H3,(H,18,19). The lowest BCUT2D eigenvalue weighted by Gasteiger charge is -2.53. The fraction of sp³-hybridized carbons (Fsp3) is 0.933. The largest absolute Gasteiger partial charge is 0.481 e. The minimum atomic E-state index is -0.658. The predicted octanol–water partition coefficient (Wildman–Crippen LogP) is 2.09. The van der Waals surface area contributed by atoms with E-state index in [2.05, 4.69) is 24.1 Å². The van der Waals surface area contributed by atoms with E-state index in [-0.39, 0.29) is 12.0 Å². The van der Waals surface area contributed by atoms with Crippen molar-refractivity contribution >= 4 is 5.97 Å². The van der Waals surface area contributed by atoms with Gasteiger partial charge in [0.15, 0.2) is 0 Å². The minimum absolute atomic E-state index is 0.115. The average molecular weight is 268 g/mol. The number of nitrogens with one attached hydrogen (secondary N) is 1. The Balaban J connectivity index is 2.07. The van der Waals surface area contributed by atoms with Crippen LogP contribution >= 0.6 is 0 Å². The molecule has 1 saturated heterocycles. The van der Waals surface area contributed by atoms with Crippen LogP contribution in [0.4, 0.5) is 0 Å². The molecule has 0 aromatic rings. The van der Waals surface area contributed by atoms with Gasteiger partial charge in [-0.25, -0.2) is 0 Å². The molecule has 0 unspecified atom stereocenters. The molecule has 2 fully saturated rings. The molecule has 4 nitrogen and oxygen atoms in total. The number of carboxylic acids is 1. The van der Waals surface area contributed by atoms with E-state index in [9.17, 15) is 9.90 Å². The van der Waals surface area contributed by atoms with Gasteiger partial charge < -0.3 is 10.4 Å². The molecule has 2 rings (SSSR count). The summed E-state index contributed by atoms with van der Waals surface area (Å²) in [7, 11) is 0. The first-order valence-corrected chi connectivity index (χ1v) is 7.73. The summed E-state index contributed by atoms with van der Waals surface area (Å²) in [6, 6.07) is 0.611. The highest BCUT2D eigenvalue weighted by molar-refractivity contribution is 5.69. The average Bonchev–Trinajstić information content (AvgIpc) is 2.78. The van der Waals surface area contributed by atoms with Gasteiger partial charge in [0, 0.05) is 19.1 Å². The molecule has 1 aliphatic carbocycles. The SMILES string of the molecule is CC(C)CCN(C1CCCC1)C1(CC(=O)O)CNC1. The van der Waals surface area contributed by atoms with E-state index in [1.54, 1.807) is 0 Å². The Morgan fingerprint density at radius 3 is 2.42 bits per heavy atom. The molecule has 0 atom stereocenters. The van der Waals surface area contributed by atoms with Crippen molar-refractivity contribution < 1.29 is 9.90 Å². The second-order valence-corrected chi connectivity index (χ2v) is 6.71. The molecule has 0 radical (unpaired) electrons.